The van der Waals surface area contributed by atoms with Crippen molar-refractivity contribution in [3.8, 4) is 5.88 Å². The lowest BCUT2D eigenvalue weighted by molar-refractivity contribution is 0.0629. The Hall–Kier alpha value is -3.56. The summed E-state index contributed by atoms with van der Waals surface area (Å²) in [7, 11) is 0. The number of fused-ring (bicyclic) bond motifs is 5. The average molecular weight is 460 g/mol. The standard InChI is InChI=1S/C24H25N7O3/c32-23(14-3-4-19-21(7-14)27-29-26-19)30-8-15-16(9-30)18-11-31(10-17(15)18)24(33)20-5-6-22(28-25-20)34-12-13-1-2-13/h3-7,13,15-18H,1-2,8-12H2,(H,26,27,29)/t15-,16+,17+,18-. The summed E-state index contributed by atoms with van der Waals surface area (Å²) >= 11 is 0. The van der Waals surface area contributed by atoms with Gasteiger partial charge in [-0.05, 0) is 66.7 Å². The second-order valence-corrected chi connectivity index (χ2v) is 10.1. The molecule has 4 heterocycles. The number of aromatic nitrogens is 5. The fourth-order valence-corrected chi connectivity index (χ4v) is 6.02. The maximum absolute atomic E-state index is 13.1. The van der Waals surface area contributed by atoms with Gasteiger partial charge in [0.2, 0.25) is 5.88 Å². The number of nitrogens with zero attached hydrogens (tertiary/aromatic N) is 6. The number of H-pyrrole nitrogens is 1. The zero-order valence-corrected chi connectivity index (χ0v) is 18.6. The molecular weight excluding hydrogens is 434 g/mol. The van der Waals surface area contributed by atoms with Crippen LogP contribution in [0, 0.1) is 29.6 Å². The maximum Gasteiger partial charge on any atom is 0.274 e. The molecule has 10 nitrogen and oxygen atoms in total. The van der Waals surface area contributed by atoms with Crippen molar-refractivity contribution in [3.63, 3.8) is 0 Å². The van der Waals surface area contributed by atoms with Crippen LogP contribution in [-0.4, -0.2) is 80.0 Å². The lowest BCUT2D eigenvalue weighted by Gasteiger charge is -2.42. The smallest absolute Gasteiger partial charge is 0.274 e. The molecule has 0 spiro atoms. The summed E-state index contributed by atoms with van der Waals surface area (Å²) in [5.74, 6) is 2.89. The molecule has 2 saturated carbocycles. The van der Waals surface area contributed by atoms with Crippen LogP contribution in [0.1, 0.15) is 33.7 Å². The predicted octanol–water partition coefficient (Wildman–Crippen LogP) is 1.63. The molecule has 2 aromatic heterocycles. The molecule has 0 radical (unpaired) electrons. The molecule has 2 amide bonds. The first-order valence-corrected chi connectivity index (χ1v) is 12.0. The van der Waals surface area contributed by atoms with Crippen molar-refractivity contribution in [1.82, 2.24) is 35.4 Å². The molecule has 3 aromatic rings. The van der Waals surface area contributed by atoms with Crippen LogP contribution in [0.5, 0.6) is 5.88 Å². The van der Waals surface area contributed by atoms with Gasteiger partial charge in [0, 0.05) is 37.8 Å². The van der Waals surface area contributed by atoms with E-state index in [0.717, 1.165) is 31.7 Å². The molecule has 34 heavy (non-hydrogen) atoms. The number of ether oxygens (including phenoxy) is 1. The van der Waals surface area contributed by atoms with Crippen LogP contribution in [0.2, 0.25) is 0 Å². The molecule has 2 saturated heterocycles. The number of hydrogen-bond donors (Lipinski definition) is 1. The Bertz CT molecular complexity index is 1250. The molecule has 2 aliphatic heterocycles. The van der Waals surface area contributed by atoms with E-state index in [9.17, 15) is 9.59 Å². The Morgan fingerprint density at radius 1 is 0.853 bits per heavy atom. The highest BCUT2D eigenvalue weighted by atomic mass is 16.5. The van der Waals surface area contributed by atoms with Crippen LogP contribution in [0.25, 0.3) is 11.0 Å². The molecule has 0 bridgehead atoms. The van der Waals surface area contributed by atoms with Gasteiger partial charge < -0.3 is 14.5 Å². The summed E-state index contributed by atoms with van der Waals surface area (Å²) < 4.78 is 5.62. The number of aromatic amines is 1. The molecule has 2 aliphatic carbocycles. The number of hydrogen-bond acceptors (Lipinski definition) is 7. The van der Waals surface area contributed by atoms with Gasteiger partial charge >= 0.3 is 0 Å². The molecule has 0 unspecified atom stereocenters. The van der Waals surface area contributed by atoms with Crippen LogP contribution in [-0.2, 0) is 0 Å². The first kappa shape index (κ1) is 19.9. The Balaban J connectivity index is 0.976. The minimum absolute atomic E-state index is 0.0459. The number of amides is 2. The normalized spacial score (nSPS) is 27.4. The van der Waals surface area contributed by atoms with Gasteiger partial charge in [-0.2, -0.15) is 15.4 Å². The third-order valence-electron chi connectivity index (χ3n) is 8.09. The van der Waals surface area contributed by atoms with Gasteiger partial charge in [0.25, 0.3) is 11.8 Å². The Kier molecular flexibility index (Phi) is 4.37. The highest BCUT2D eigenvalue weighted by molar-refractivity contribution is 5.97. The summed E-state index contributed by atoms with van der Waals surface area (Å²) in [6.45, 7) is 3.61. The van der Waals surface area contributed by atoms with E-state index in [1.54, 1.807) is 18.2 Å². The van der Waals surface area contributed by atoms with E-state index in [-0.39, 0.29) is 11.8 Å². The number of nitrogens with one attached hydrogen (secondary N) is 1. The van der Waals surface area contributed by atoms with Gasteiger partial charge in [-0.1, -0.05) is 0 Å². The fourth-order valence-electron chi connectivity index (χ4n) is 6.02. The Labute approximate surface area is 195 Å². The molecular formula is C24H25N7O3. The monoisotopic (exact) mass is 459 g/mol. The predicted molar refractivity (Wildman–Crippen MR) is 120 cm³/mol. The van der Waals surface area contributed by atoms with Crippen molar-refractivity contribution >= 4 is 22.8 Å². The minimum atomic E-state index is -0.0671. The Morgan fingerprint density at radius 3 is 2.18 bits per heavy atom. The van der Waals surface area contributed by atoms with Gasteiger partial charge in [-0.3, -0.25) is 9.59 Å². The molecule has 4 fully saturated rings. The van der Waals surface area contributed by atoms with E-state index in [0.29, 0.717) is 58.9 Å². The van der Waals surface area contributed by atoms with Gasteiger partial charge in [-0.15, -0.1) is 10.2 Å². The molecule has 1 N–H and O–H groups in total. The SMILES string of the molecule is O=C(c1ccc2n[nH]nc2c1)N1C[C@@H]2[C@H](C1)[C@H]1CN(C(=O)c3ccc(OCC4CC4)nn3)C[C@@H]21. The third-order valence-corrected chi connectivity index (χ3v) is 8.09. The van der Waals surface area contributed by atoms with E-state index in [4.69, 9.17) is 4.74 Å². The lowest BCUT2D eigenvalue weighted by atomic mass is 9.60. The largest absolute Gasteiger partial charge is 0.476 e. The van der Waals surface area contributed by atoms with Crippen molar-refractivity contribution in [2.24, 2.45) is 29.6 Å². The minimum Gasteiger partial charge on any atom is -0.476 e. The second kappa shape index (κ2) is 7.48. The molecule has 7 rings (SSSR count). The van der Waals surface area contributed by atoms with Crippen molar-refractivity contribution in [3.05, 3.63) is 41.6 Å². The second-order valence-electron chi connectivity index (χ2n) is 10.1. The highest BCUT2D eigenvalue weighted by Crippen LogP contribution is 2.54. The van der Waals surface area contributed by atoms with Crippen molar-refractivity contribution in [1.29, 1.82) is 0 Å². The fraction of sp³-hybridized carbons (Fsp3) is 0.500. The van der Waals surface area contributed by atoms with Crippen LogP contribution >= 0.6 is 0 Å². The van der Waals surface area contributed by atoms with E-state index in [1.807, 2.05) is 21.9 Å². The van der Waals surface area contributed by atoms with Gasteiger partial charge in [0.05, 0.1) is 6.61 Å². The first-order valence-electron chi connectivity index (χ1n) is 12.0. The van der Waals surface area contributed by atoms with Crippen molar-refractivity contribution in [2.75, 3.05) is 32.8 Å². The summed E-state index contributed by atoms with van der Waals surface area (Å²) in [6.07, 6.45) is 2.43. The quantitative estimate of drug-likeness (QED) is 0.616. The number of benzene rings is 1. The van der Waals surface area contributed by atoms with E-state index in [2.05, 4.69) is 25.6 Å². The number of carbonyl (C=O) groups excluding carboxylic acids is 2. The zero-order chi connectivity index (χ0) is 22.8. The third kappa shape index (κ3) is 3.23. The van der Waals surface area contributed by atoms with E-state index < -0.39 is 0 Å². The summed E-state index contributed by atoms with van der Waals surface area (Å²) in [4.78, 5) is 30.0. The number of likely N-dealkylation sites (tertiary alicyclic amines) is 2. The van der Waals surface area contributed by atoms with Crippen molar-refractivity contribution < 1.29 is 14.3 Å². The molecule has 1 aromatic carbocycles. The molecule has 4 atom stereocenters. The van der Waals surface area contributed by atoms with E-state index in [1.165, 1.54) is 12.8 Å². The topological polar surface area (TPSA) is 117 Å². The summed E-state index contributed by atoms with van der Waals surface area (Å²) in [5.41, 5.74) is 2.46. The maximum atomic E-state index is 13.1. The number of carbonyl (C=O) groups is 2. The number of rotatable bonds is 5. The van der Waals surface area contributed by atoms with Crippen LogP contribution in [0.15, 0.2) is 30.3 Å². The van der Waals surface area contributed by atoms with Crippen molar-refractivity contribution in [2.45, 2.75) is 12.8 Å². The average Bonchev–Trinajstić information content (AvgIpc) is 3.27. The Morgan fingerprint density at radius 2 is 1.53 bits per heavy atom. The van der Waals surface area contributed by atoms with Gasteiger partial charge in [0.1, 0.15) is 11.0 Å². The molecule has 10 heteroatoms. The first-order chi connectivity index (χ1) is 16.6. The lowest BCUT2D eigenvalue weighted by Crippen LogP contribution is -2.44. The van der Waals surface area contributed by atoms with Crippen LogP contribution < -0.4 is 4.74 Å². The zero-order valence-electron chi connectivity index (χ0n) is 18.6. The summed E-state index contributed by atoms with van der Waals surface area (Å²) in [5, 5.41) is 18.9. The summed E-state index contributed by atoms with van der Waals surface area (Å²) in [6, 6.07) is 8.89. The van der Waals surface area contributed by atoms with Gasteiger partial charge in [0.15, 0.2) is 5.69 Å². The molecule has 174 valence electrons. The van der Waals surface area contributed by atoms with Crippen LogP contribution in [0.4, 0.5) is 0 Å². The molecule has 4 aliphatic rings. The van der Waals surface area contributed by atoms with Crippen LogP contribution in [0.3, 0.4) is 0 Å². The van der Waals surface area contributed by atoms with Gasteiger partial charge in [-0.25, -0.2) is 0 Å². The highest BCUT2D eigenvalue weighted by Gasteiger charge is 2.59. The van der Waals surface area contributed by atoms with E-state index >= 15 is 0 Å².